The maximum atomic E-state index is 12.1. The average molecular weight is 314 g/mol. The van der Waals surface area contributed by atoms with Gasteiger partial charge in [-0.2, -0.15) is 0 Å². The fourth-order valence-corrected chi connectivity index (χ4v) is 2.63. The first-order chi connectivity index (χ1) is 10.9. The molecule has 6 heteroatoms. The summed E-state index contributed by atoms with van der Waals surface area (Å²) in [5.74, 6) is 0. The molecule has 1 saturated heterocycles. The van der Waals surface area contributed by atoms with Crippen molar-refractivity contribution in [2.75, 3.05) is 31.1 Å². The summed E-state index contributed by atoms with van der Waals surface area (Å²) in [4.78, 5) is 24.5. The number of benzene rings is 1. The predicted molar refractivity (Wildman–Crippen MR) is 89.6 cm³/mol. The van der Waals surface area contributed by atoms with E-state index in [1.807, 2.05) is 33.0 Å². The number of carbonyl (C=O) groups is 1. The van der Waals surface area contributed by atoms with E-state index in [9.17, 15) is 4.79 Å². The molecule has 0 aliphatic carbocycles. The van der Waals surface area contributed by atoms with Gasteiger partial charge in [0.1, 0.15) is 11.9 Å². The maximum Gasteiger partial charge on any atom is 0.410 e. The Hall–Kier alpha value is -2.37. The highest BCUT2D eigenvalue weighted by atomic mass is 16.6. The van der Waals surface area contributed by atoms with Gasteiger partial charge in [0, 0.05) is 43.4 Å². The molecule has 0 radical (unpaired) electrons. The van der Waals surface area contributed by atoms with Gasteiger partial charge in [-0.1, -0.05) is 0 Å². The number of fused-ring (bicyclic) bond motifs is 1. The van der Waals surface area contributed by atoms with E-state index in [1.165, 1.54) is 0 Å². The first-order valence-electron chi connectivity index (χ1n) is 7.85. The molecule has 0 unspecified atom stereocenters. The summed E-state index contributed by atoms with van der Waals surface area (Å²) in [6.45, 7) is 8.56. The Morgan fingerprint density at radius 1 is 1.17 bits per heavy atom. The minimum absolute atomic E-state index is 0.233. The first-order valence-corrected chi connectivity index (χ1v) is 7.85. The molecule has 2 heterocycles. The van der Waals surface area contributed by atoms with E-state index in [-0.39, 0.29) is 6.09 Å². The van der Waals surface area contributed by atoms with Crippen molar-refractivity contribution in [3.05, 3.63) is 30.7 Å². The molecular weight excluding hydrogens is 292 g/mol. The Labute approximate surface area is 136 Å². The molecule has 23 heavy (non-hydrogen) atoms. The zero-order chi connectivity index (χ0) is 16.4. The van der Waals surface area contributed by atoms with E-state index < -0.39 is 5.60 Å². The van der Waals surface area contributed by atoms with Gasteiger partial charge in [0.05, 0.1) is 5.52 Å². The van der Waals surface area contributed by atoms with Crippen LogP contribution in [0.3, 0.4) is 0 Å². The number of hydrogen-bond acceptors (Lipinski definition) is 5. The van der Waals surface area contributed by atoms with E-state index in [2.05, 4.69) is 27.0 Å². The van der Waals surface area contributed by atoms with Crippen molar-refractivity contribution in [3.63, 3.8) is 0 Å². The van der Waals surface area contributed by atoms with Crippen LogP contribution in [0.5, 0.6) is 0 Å². The van der Waals surface area contributed by atoms with Crippen LogP contribution < -0.4 is 4.90 Å². The van der Waals surface area contributed by atoms with Crippen LogP contribution in [0.1, 0.15) is 20.8 Å². The summed E-state index contributed by atoms with van der Waals surface area (Å²) in [7, 11) is 0. The van der Waals surface area contributed by atoms with Crippen molar-refractivity contribution in [2.45, 2.75) is 26.4 Å². The minimum atomic E-state index is -0.452. The molecule has 1 aromatic heterocycles. The molecule has 0 spiro atoms. The quantitative estimate of drug-likeness (QED) is 0.810. The SMILES string of the molecule is CC(C)(C)OC(=O)N1CCN(c2ccc3cncnc3c2)CC1. The number of hydrogen-bond donors (Lipinski definition) is 0. The van der Waals surface area contributed by atoms with Gasteiger partial charge < -0.3 is 14.5 Å². The highest BCUT2D eigenvalue weighted by Gasteiger charge is 2.25. The van der Waals surface area contributed by atoms with Crippen LogP contribution in [0.15, 0.2) is 30.7 Å². The number of nitrogens with zero attached hydrogens (tertiary/aromatic N) is 4. The molecule has 2 aromatic rings. The number of amides is 1. The summed E-state index contributed by atoms with van der Waals surface area (Å²) >= 11 is 0. The number of piperazine rings is 1. The Kier molecular flexibility index (Phi) is 4.07. The Bertz CT molecular complexity index is 703. The lowest BCUT2D eigenvalue weighted by molar-refractivity contribution is 0.0240. The number of carbonyl (C=O) groups excluding carboxylic acids is 1. The van der Waals surface area contributed by atoms with Gasteiger partial charge in [0.15, 0.2) is 0 Å². The van der Waals surface area contributed by atoms with Gasteiger partial charge in [-0.25, -0.2) is 14.8 Å². The molecule has 122 valence electrons. The summed E-state index contributed by atoms with van der Waals surface area (Å²) in [6, 6.07) is 6.18. The van der Waals surface area contributed by atoms with Crippen molar-refractivity contribution in [3.8, 4) is 0 Å². The van der Waals surface area contributed by atoms with Crippen LogP contribution in [0.2, 0.25) is 0 Å². The van der Waals surface area contributed by atoms with E-state index in [1.54, 1.807) is 11.2 Å². The molecule has 1 amide bonds. The molecule has 1 aliphatic heterocycles. The van der Waals surface area contributed by atoms with E-state index in [0.29, 0.717) is 13.1 Å². The lowest BCUT2D eigenvalue weighted by atomic mass is 10.2. The van der Waals surface area contributed by atoms with Crippen molar-refractivity contribution in [2.24, 2.45) is 0 Å². The second kappa shape index (κ2) is 6.02. The smallest absolute Gasteiger partial charge is 0.410 e. The highest BCUT2D eigenvalue weighted by molar-refractivity contribution is 5.81. The summed E-state index contributed by atoms with van der Waals surface area (Å²) in [6.07, 6.45) is 3.14. The molecule has 1 aromatic carbocycles. The zero-order valence-corrected chi connectivity index (χ0v) is 13.8. The fourth-order valence-electron chi connectivity index (χ4n) is 2.63. The number of rotatable bonds is 1. The van der Waals surface area contributed by atoms with Gasteiger partial charge in [-0.05, 0) is 39.0 Å². The van der Waals surface area contributed by atoms with Crippen molar-refractivity contribution < 1.29 is 9.53 Å². The zero-order valence-electron chi connectivity index (χ0n) is 13.8. The standard InChI is InChI=1S/C17H22N4O2/c1-17(2,3)23-16(22)21-8-6-20(7-9-21)14-5-4-13-11-18-12-19-15(13)10-14/h4-5,10-12H,6-9H2,1-3H3. The molecule has 0 bridgehead atoms. The largest absolute Gasteiger partial charge is 0.444 e. The van der Waals surface area contributed by atoms with Crippen LogP contribution in [-0.4, -0.2) is 52.7 Å². The molecular formula is C17H22N4O2. The van der Waals surface area contributed by atoms with E-state index >= 15 is 0 Å². The van der Waals surface area contributed by atoms with Crippen molar-refractivity contribution >= 4 is 22.7 Å². The first kappa shape index (κ1) is 15.5. The summed E-state index contributed by atoms with van der Waals surface area (Å²) in [5, 5.41) is 1.03. The Morgan fingerprint density at radius 2 is 1.91 bits per heavy atom. The molecule has 0 atom stereocenters. The van der Waals surface area contributed by atoms with Gasteiger partial charge in [0.2, 0.25) is 0 Å². The highest BCUT2D eigenvalue weighted by Crippen LogP contribution is 2.22. The van der Waals surface area contributed by atoms with Crippen LogP contribution in [0, 0.1) is 0 Å². The monoisotopic (exact) mass is 314 g/mol. The van der Waals surface area contributed by atoms with Crippen LogP contribution in [-0.2, 0) is 4.74 Å². The number of anilines is 1. The number of ether oxygens (including phenoxy) is 1. The lowest BCUT2D eigenvalue weighted by Gasteiger charge is -2.36. The predicted octanol–water partition coefficient (Wildman–Crippen LogP) is 2.69. The molecule has 6 nitrogen and oxygen atoms in total. The summed E-state index contributed by atoms with van der Waals surface area (Å²) < 4.78 is 5.43. The normalized spacial score (nSPS) is 15.8. The Morgan fingerprint density at radius 3 is 2.61 bits per heavy atom. The van der Waals surface area contributed by atoms with Gasteiger partial charge in [-0.3, -0.25) is 0 Å². The number of aromatic nitrogens is 2. The van der Waals surface area contributed by atoms with E-state index in [4.69, 9.17) is 4.74 Å². The molecule has 0 saturated carbocycles. The topological polar surface area (TPSA) is 58.6 Å². The second-order valence-corrected chi connectivity index (χ2v) is 6.72. The van der Waals surface area contributed by atoms with Gasteiger partial charge in [0.25, 0.3) is 0 Å². The maximum absolute atomic E-state index is 12.1. The lowest BCUT2D eigenvalue weighted by Crippen LogP contribution is -2.50. The van der Waals surface area contributed by atoms with Crippen molar-refractivity contribution in [1.82, 2.24) is 14.9 Å². The fraction of sp³-hybridized carbons (Fsp3) is 0.471. The van der Waals surface area contributed by atoms with Crippen LogP contribution >= 0.6 is 0 Å². The molecule has 1 fully saturated rings. The van der Waals surface area contributed by atoms with Crippen LogP contribution in [0.4, 0.5) is 10.5 Å². The second-order valence-electron chi connectivity index (χ2n) is 6.72. The van der Waals surface area contributed by atoms with Gasteiger partial charge in [-0.15, -0.1) is 0 Å². The van der Waals surface area contributed by atoms with Crippen LogP contribution in [0.25, 0.3) is 10.9 Å². The third-order valence-electron chi connectivity index (χ3n) is 3.79. The Balaban J connectivity index is 1.65. The van der Waals surface area contributed by atoms with Gasteiger partial charge >= 0.3 is 6.09 Å². The summed E-state index contributed by atoms with van der Waals surface area (Å²) in [5.41, 5.74) is 1.61. The third-order valence-corrected chi connectivity index (χ3v) is 3.79. The van der Waals surface area contributed by atoms with Crippen molar-refractivity contribution in [1.29, 1.82) is 0 Å². The van der Waals surface area contributed by atoms with E-state index in [0.717, 1.165) is 29.7 Å². The molecule has 3 rings (SSSR count). The molecule has 1 aliphatic rings. The minimum Gasteiger partial charge on any atom is -0.444 e. The molecule has 0 N–H and O–H groups in total. The average Bonchev–Trinajstić information content (AvgIpc) is 2.53. The third kappa shape index (κ3) is 3.70.